The minimum Gasteiger partial charge on any atom is -0.449 e. The molecule has 5 heteroatoms. The van der Waals surface area contributed by atoms with Crippen molar-refractivity contribution in [3.05, 3.63) is 29.8 Å². The van der Waals surface area contributed by atoms with Gasteiger partial charge in [-0.1, -0.05) is 26.0 Å². The fourth-order valence-electron chi connectivity index (χ4n) is 3.08. The summed E-state index contributed by atoms with van der Waals surface area (Å²) in [7, 11) is 0. The molecule has 0 bridgehead atoms. The van der Waals surface area contributed by atoms with Gasteiger partial charge in [0.2, 0.25) is 0 Å². The highest BCUT2D eigenvalue weighted by Gasteiger charge is 2.37. The third kappa shape index (κ3) is 3.26. The van der Waals surface area contributed by atoms with Crippen molar-refractivity contribution in [3.63, 3.8) is 0 Å². The van der Waals surface area contributed by atoms with Crippen molar-refractivity contribution < 1.29 is 9.53 Å². The van der Waals surface area contributed by atoms with Crippen LogP contribution in [0.15, 0.2) is 24.3 Å². The van der Waals surface area contributed by atoms with Gasteiger partial charge in [-0.15, -0.1) is 12.4 Å². The van der Waals surface area contributed by atoms with Gasteiger partial charge in [-0.2, -0.15) is 0 Å². The van der Waals surface area contributed by atoms with Crippen LogP contribution in [0.2, 0.25) is 0 Å². The molecule has 2 aliphatic rings. The first kappa shape index (κ1) is 16.0. The Kier molecular flexibility index (Phi) is 4.67. The standard InChI is InChI=1S/C16H22N2O2.ClH/c1-16(2)11-20-15(19)17-14(16)12-5-7-13(8-6-12)18-9-3-4-10-18;/h5-8,14H,3-4,9-11H2,1-2H3,(H,17,19);1H/t14-;/m1./s1. The van der Waals surface area contributed by atoms with E-state index in [2.05, 4.69) is 48.3 Å². The number of nitrogens with one attached hydrogen (secondary N) is 1. The van der Waals surface area contributed by atoms with Gasteiger partial charge in [0, 0.05) is 24.2 Å². The molecular weight excluding hydrogens is 288 g/mol. The second-order valence-electron chi connectivity index (χ2n) is 6.43. The molecule has 0 spiro atoms. The maximum atomic E-state index is 11.5. The van der Waals surface area contributed by atoms with Gasteiger partial charge in [0.1, 0.15) is 6.61 Å². The summed E-state index contributed by atoms with van der Waals surface area (Å²) in [5.41, 5.74) is 2.33. The number of nitrogens with zero attached hydrogens (tertiary/aromatic N) is 1. The van der Waals surface area contributed by atoms with Crippen molar-refractivity contribution >= 4 is 24.2 Å². The molecule has 0 saturated carbocycles. The Morgan fingerprint density at radius 1 is 1.19 bits per heavy atom. The zero-order valence-electron chi connectivity index (χ0n) is 12.6. The summed E-state index contributed by atoms with van der Waals surface area (Å²) >= 11 is 0. The summed E-state index contributed by atoms with van der Waals surface area (Å²) in [6.45, 7) is 6.99. The minimum atomic E-state index is -0.321. The Labute approximate surface area is 132 Å². The van der Waals surface area contributed by atoms with Crippen LogP contribution >= 0.6 is 12.4 Å². The van der Waals surface area contributed by atoms with E-state index in [0.29, 0.717) is 6.61 Å². The van der Waals surface area contributed by atoms with Crippen molar-refractivity contribution in [2.24, 2.45) is 5.41 Å². The normalized spacial score (nSPS) is 24.0. The molecule has 0 radical (unpaired) electrons. The molecule has 1 aromatic rings. The van der Waals surface area contributed by atoms with E-state index >= 15 is 0 Å². The number of rotatable bonds is 2. The number of carbonyl (C=O) groups is 1. The number of cyclic esters (lactones) is 1. The molecule has 1 amide bonds. The monoisotopic (exact) mass is 310 g/mol. The van der Waals surface area contributed by atoms with Crippen LogP contribution in [0.3, 0.4) is 0 Å². The van der Waals surface area contributed by atoms with Gasteiger partial charge in [-0.3, -0.25) is 0 Å². The second kappa shape index (κ2) is 6.14. The molecule has 2 saturated heterocycles. The number of benzene rings is 1. The first-order valence-electron chi connectivity index (χ1n) is 7.34. The third-order valence-corrected chi connectivity index (χ3v) is 4.32. The van der Waals surface area contributed by atoms with Crippen LogP contribution in [0.4, 0.5) is 10.5 Å². The highest BCUT2D eigenvalue weighted by Crippen LogP contribution is 2.37. The summed E-state index contributed by atoms with van der Waals surface area (Å²) < 4.78 is 5.09. The van der Waals surface area contributed by atoms with Crippen molar-refractivity contribution in [2.75, 3.05) is 24.6 Å². The number of ether oxygens (including phenoxy) is 1. The van der Waals surface area contributed by atoms with Crippen LogP contribution in [-0.2, 0) is 4.74 Å². The quantitative estimate of drug-likeness (QED) is 0.909. The predicted molar refractivity (Wildman–Crippen MR) is 86.1 cm³/mol. The van der Waals surface area contributed by atoms with Crippen LogP contribution in [0.1, 0.15) is 38.3 Å². The first-order chi connectivity index (χ1) is 9.56. The third-order valence-electron chi connectivity index (χ3n) is 4.32. The SMILES string of the molecule is CC1(C)COC(=O)N[C@@H]1c1ccc(N2CCCC2)cc1.Cl. The molecule has 21 heavy (non-hydrogen) atoms. The van der Waals surface area contributed by atoms with E-state index in [1.54, 1.807) is 0 Å². The minimum absolute atomic E-state index is 0. The molecule has 0 aliphatic carbocycles. The molecule has 1 atom stereocenters. The maximum Gasteiger partial charge on any atom is 0.407 e. The lowest BCUT2D eigenvalue weighted by molar-refractivity contribution is 0.0387. The molecule has 0 aromatic heterocycles. The average molecular weight is 311 g/mol. The largest absolute Gasteiger partial charge is 0.449 e. The van der Waals surface area contributed by atoms with Gasteiger partial charge < -0.3 is 15.0 Å². The molecule has 2 aliphatic heterocycles. The zero-order valence-corrected chi connectivity index (χ0v) is 13.4. The fourth-order valence-corrected chi connectivity index (χ4v) is 3.08. The van der Waals surface area contributed by atoms with E-state index in [1.807, 2.05) is 0 Å². The number of hydrogen-bond donors (Lipinski definition) is 1. The van der Waals surface area contributed by atoms with Crippen molar-refractivity contribution in [1.29, 1.82) is 0 Å². The van der Waals surface area contributed by atoms with Crippen molar-refractivity contribution in [2.45, 2.75) is 32.7 Å². The molecule has 1 N–H and O–H groups in total. The fraction of sp³-hybridized carbons (Fsp3) is 0.562. The van der Waals surface area contributed by atoms with Crippen LogP contribution in [0.5, 0.6) is 0 Å². The Balaban J connectivity index is 0.00000161. The van der Waals surface area contributed by atoms with E-state index in [-0.39, 0.29) is 30.0 Å². The lowest BCUT2D eigenvalue weighted by Crippen LogP contribution is -2.46. The predicted octanol–water partition coefficient (Wildman–Crippen LogP) is 3.52. The second-order valence-corrected chi connectivity index (χ2v) is 6.43. The molecule has 1 aromatic carbocycles. The van der Waals surface area contributed by atoms with Gasteiger partial charge in [-0.05, 0) is 30.5 Å². The highest BCUT2D eigenvalue weighted by molar-refractivity contribution is 5.85. The lowest BCUT2D eigenvalue weighted by Gasteiger charge is -2.38. The van der Waals surface area contributed by atoms with Gasteiger partial charge in [0.05, 0.1) is 6.04 Å². The Bertz CT molecular complexity index is 496. The van der Waals surface area contributed by atoms with Crippen molar-refractivity contribution in [1.82, 2.24) is 5.32 Å². The van der Waals surface area contributed by atoms with E-state index in [0.717, 1.165) is 18.7 Å². The van der Waals surface area contributed by atoms with E-state index < -0.39 is 0 Å². The van der Waals surface area contributed by atoms with Crippen LogP contribution in [0, 0.1) is 5.41 Å². The van der Waals surface area contributed by atoms with Gasteiger partial charge in [0.25, 0.3) is 0 Å². The molecule has 116 valence electrons. The number of halogens is 1. The molecule has 4 nitrogen and oxygen atoms in total. The van der Waals surface area contributed by atoms with Crippen LogP contribution in [-0.4, -0.2) is 25.8 Å². The molecular formula is C16H23ClN2O2. The van der Waals surface area contributed by atoms with E-state index in [1.165, 1.54) is 18.5 Å². The number of amides is 1. The Morgan fingerprint density at radius 3 is 2.43 bits per heavy atom. The maximum absolute atomic E-state index is 11.5. The molecule has 2 heterocycles. The van der Waals surface area contributed by atoms with Gasteiger partial charge in [0.15, 0.2) is 0 Å². The molecule has 3 rings (SSSR count). The van der Waals surface area contributed by atoms with E-state index in [9.17, 15) is 4.79 Å². The van der Waals surface area contributed by atoms with Crippen molar-refractivity contribution in [3.8, 4) is 0 Å². The smallest absolute Gasteiger partial charge is 0.407 e. The topological polar surface area (TPSA) is 41.6 Å². The summed E-state index contributed by atoms with van der Waals surface area (Å²) in [5.74, 6) is 0. The number of alkyl carbamates (subject to hydrolysis) is 1. The summed E-state index contributed by atoms with van der Waals surface area (Å²) in [4.78, 5) is 13.9. The van der Waals surface area contributed by atoms with Gasteiger partial charge >= 0.3 is 6.09 Å². The lowest BCUT2D eigenvalue weighted by atomic mass is 9.80. The Hall–Kier alpha value is -1.42. The summed E-state index contributed by atoms with van der Waals surface area (Å²) in [6.07, 6.45) is 2.24. The number of carbonyl (C=O) groups excluding carboxylic acids is 1. The molecule has 2 fully saturated rings. The summed E-state index contributed by atoms with van der Waals surface area (Å²) in [6, 6.07) is 8.60. The van der Waals surface area contributed by atoms with E-state index in [4.69, 9.17) is 4.74 Å². The number of anilines is 1. The first-order valence-corrected chi connectivity index (χ1v) is 7.34. The average Bonchev–Trinajstić information content (AvgIpc) is 2.96. The van der Waals surface area contributed by atoms with Gasteiger partial charge in [-0.25, -0.2) is 4.79 Å². The Morgan fingerprint density at radius 2 is 1.81 bits per heavy atom. The highest BCUT2D eigenvalue weighted by atomic mass is 35.5. The van der Waals surface area contributed by atoms with Crippen LogP contribution < -0.4 is 10.2 Å². The van der Waals surface area contributed by atoms with Crippen LogP contribution in [0.25, 0.3) is 0 Å². The zero-order chi connectivity index (χ0) is 14.2. The molecule has 0 unspecified atom stereocenters. The summed E-state index contributed by atoms with van der Waals surface area (Å²) in [5, 5.41) is 2.94. The number of hydrogen-bond acceptors (Lipinski definition) is 3.